The van der Waals surface area contributed by atoms with Gasteiger partial charge in [0.05, 0.1) is 18.6 Å². The monoisotopic (exact) mass is 329 g/mol. The number of rotatable bonds is 1. The standard InChI is InChI=1S/C18H23N3O3/c22-16-18(6-7-19-16)13-21(17(23)20-8-10-24-11-9-20)12-15(18)14-4-2-1-3-5-14/h1-5,15H,6-13H2,(H,19,22)/t15-,18+/m1/s1. The molecular formula is C18H23N3O3. The van der Waals surface area contributed by atoms with Crippen LogP contribution in [0.4, 0.5) is 4.79 Å². The molecule has 0 radical (unpaired) electrons. The third-order valence-corrected chi connectivity index (χ3v) is 5.61. The summed E-state index contributed by atoms with van der Waals surface area (Å²) in [4.78, 5) is 29.2. The maximum atomic E-state index is 12.9. The van der Waals surface area contributed by atoms with Crippen LogP contribution in [0, 0.1) is 5.41 Å². The minimum absolute atomic E-state index is 0.0378. The van der Waals surface area contributed by atoms with Crippen LogP contribution in [0.2, 0.25) is 0 Å². The summed E-state index contributed by atoms with van der Waals surface area (Å²) in [5.74, 6) is 0.153. The lowest BCUT2D eigenvalue weighted by Crippen LogP contribution is -2.48. The summed E-state index contributed by atoms with van der Waals surface area (Å²) in [5, 5.41) is 2.98. The van der Waals surface area contributed by atoms with Crippen LogP contribution >= 0.6 is 0 Å². The first-order valence-electron chi connectivity index (χ1n) is 8.65. The number of hydrogen-bond donors (Lipinski definition) is 1. The van der Waals surface area contributed by atoms with Crippen molar-refractivity contribution in [3.05, 3.63) is 35.9 Å². The van der Waals surface area contributed by atoms with Crippen LogP contribution in [0.3, 0.4) is 0 Å². The first kappa shape index (κ1) is 15.4. The van der Waals surface area contributed by atoms with Gasteiger partial charge < -0.3 is 19.9 Å². The molecule has 0 unspecified atom stereocenters. The van der Waals surface area contributed by atoms with Gasteiger partial charge in [0.25, 0.3) is 0 Å². The SMILES string of the molecule is O=C(N1CCOCC1)N1C[C@H](c2ccccc2)[C@]2(CCNC2=O)C1. The number of morpholine rings is 1. The molecule has 6 nitrogen and oxygen atoms in total. The maximum Gasteiger partial charge on any atom is 0.320 e. The van der Waals surface area contributed by atoms with E-state index in [2.05, 4.69) is 17.4 Å². The second-order valence-corrected chi connectivity index (χ2v) is 6.89. The number of urea groups is 1. The second-order valence-electron chi connectivity index (χ2n) is 6.89. The van der Waals surface area contributed by atoms with E-state index in [1.807, 2.05) is 28.0 Å². The van der Waals surface area contributed by atoms with E-state index in [1.54, 1.807) is 0 Å². The van der Waals surface area contributed by atoms with E-state index in [0.29, 0.717) is 45.9 Å². The first-order chi connectivity index (χ1) is 11.7. The van der Waals surface area contributed by atoms with Crippen molar-refractivity contribution in [2.45, 2.75) is 12.3 Å². The van der Waals surface area contributed by atoms with Gasteiger partial charge in [0, 0.05) is 38.6 Å². The third-order valence-electron chi connectivity index (χ3n) is 5.61. The molecule has 3 aliphatic rings. The Morgan fingerprint density at radius 1 is 1.17 bits per heavy atom. The first-order valence-corrected chi connectivity index (χ1v) is 8.65. The van der Waals surface area contributed by atoms with Crippen LogP contribution in [-0.4, -0.2) is 67.7 Å². The van der Waals surface area contributed by atoms with Gasteiger partial charge in [-0.2, -0.15) is 0 Å². The largest absolute Gasteiger partial charge is 0.378 e. The average Bonchev–Trinajstić information content (AvgIpc) is 3.20. The van der Waals surface area contributed by atoms with Gasteiger partial charge >= 0.3 is 6.03 Å². The highest BCUT2D eigenvalue weighted by atomic mass is 16.5. The minimum atomic E-state index is -0.483. The van der Waals surface area contributed by atoms with Crippen LogP contribution < -0.4 is 5.32 Å². The van der Waals surface area contributed by atoms with E-state index in [-0.39, 0.29) is 17.9 Å². The van der Waals surface area contributed by atoms with Crippen molar-refractivity contribution >= 4 is 11.9 Å². The van der Waals surface area contributed by atoms with Gasteiger partial charge in [-0.15, -0.1) is 0 Å². The van der Waals surface area contributed by atoms with E-state index in [9.17, 15) is 9.59 Å². The normalized spacial score (nSPS) is 30.0. The highest BCUT2D eigenvalue weighted by molar-refractivity contribution is 5.88. The summed E-state index contributed by atoms with van der Waals surface area (Å²) in [7, 11) is 0. The molecule has 3 amide bonds. The molecule has 1 aromatic carbocycles. The van der Waals surface area contributed by atoms with Crippen LogP contribution in [0.25, 0.3) is 0 Å². The Hall–Kier alpha value is -2.08. The molecule has 0 saturated carbocycles. The highest BCUT2D eigenvalue weighted by Crippen LogP contribution is 2.47. The zero-order chi connectivity index (χ0) is 16.6. The van der Waals surface area contributed by atoms with Crippen molar-refractivity contribution < 1.29 is 14.3 Å². The van der Waals surface area contributed by atoms with Crippen molar-refractivity contribution in [1.29, 1.82) is 0 Å². The number of ether oxygens (including phenoxy) is 1. The van der Waals surface area contributed by atoms with Gasteiger partial charge in [0.2, 0.25) is 5.91 Å². The number of likely N-dealkylation sites (tertiary alicyclic amines) is 1. The van der Waals surface area contributed by atoms with Gasteiger partial charge in [-0.3, -0.25) is 4.79 Å². The number of nitrogens with one attached hydrogen (secondary N) is 1. The molecule has 3 saturated heterocycles. The van der Waals surface area contributed by atoms with Gasteiger partial charge in [0.1, 0.15) is 0 Å². The van der Waals surface area contributed by atoms with Crippen molar-refractivity contribution in [1.82, 2.24) is 15.1 Å². The molecule has 0 aromatic heterocycles. The van der Waals surface area contributed by atoms with E-state index >= 15 is 0 Å². The fourth-order valence-corrected chi connectivity index (χ4v) is 4.29. The molecule has 4 rings (SSSR count). The van der Waals surface area contributed by atoms with Crippen LogP contribution in [0.5, 0.6) is 0 Å². The van der Waals surface area contributed by atoms with Crippen molar-refractivity contribution in [3.63, 3.8) is 0 Å². The lowest BCUT2D eigenvalue weighted by molar-refractivity contribution is -0.127. The smallest absolute Gasteiger partial charge is 0.320 e. The molecule has 0 aliphatic carbocycles. The Labute approximate surface area is 141 Å². The maximum absolute atomic E-state index is 12.9. The molecule has 1 N–H and O–H groups in total. The fraction of sp³-hybridized carbons (Fsp3) is 0.556. The number of nitrogens with zero attached hydrogens (tertiary/aromatic N) is 2. The van der Waals surface area contributed by atoms with Crippen molar-refractivity contribution in [2.24, 2.45) is 5.41 Å². The highest BCUT2D eigenvalue weighted by Gasteiger charge is 2.56. The molecular weight excluding hydrogens is 306 g/mol. The zero-order valence-corrected chi connectivity index (χ0v) is 13.7. The van der Waals surface area contributed by atoms with Crippen LogP contribution in [-0.2, 0) is 9.53 Å². The van der Waals surface area contributed by atoms with Crippen molar-refractivity contribution in [3.8, 4) is 0 Å². The molecule has 128 valence electrons. The Kier molecular flexibility index (Phi) is 3.92. The molecule has 2 atom stereocenters. The van der Waals surface area contributed by atoms with Gasteiger partial charge in [0.15, 0.2) is 0 Å². The van der Waals surface area contributed by atoms with Crippen LogP contribution in [0.1, 0.15) is 17.9 Å². The lowest BCUT2D eigenvalue weighted by atomic mass is 9.73. The number of hydrogen-bond acceptors (Lipinski definition) is 3. The van der Waals surface area contributed by atoms with Crippen molar-refractivity contribution in [2.75, 3.05) is 45.9 Å². The second kappa shape index (κ2) is 6.09. The van der Waals surface area contributed by atoms with Gasteiger partial charge in [-0.25, -0.2) is 4.79 Å². The summed E-state index contributed by atoms with van der Waals surface area (Å²) >= 11 is 0. The minimum Gasteiger partial charge on any atom is -0.378 e. The molecule has 24 heavy (non-hydrogen) atoms. The van der Waals surface area contributed by atoms with Gasteiger partial charge in [-0.05, 0) is 12.0 Å². The predicted molar refractivity (Wildman–Crippen MR) is 88.6 cm³/mol. The molecule has 6 heteroatoms. The fourth-order valence-electron chi connectivity index (χ4n) is 4.29. The third kappa shape index (κ3) is 2.45. The summed E-state index contributed by atoms with van der Waals surface area (Å²) in [6.45, 7) is 4.25. The molecule has 3 fully saturated rings. The molecule has 3 heterocycles. The number of carbonyl (C=O) groups excluding carboxylic acids is 2. The quantitative estimate of drug-likeness (QED) is 0.837. The Morgan fingerprint density at radius 2 is 1.92 bits per heavy atom. The summed E-state index contributed by atoms with van der Waals surface area (Å²) in [5.41, 5.74) is 0.662. The predicted octanol–water partition coefficient (Wildman–Crippen LogP) is 1.04. The topological polar surface area (TPSA) is 61.9 Å². The van der Waals surface area contributed by atoms with E-state index < -0.39 is 5.41 Å². The zero-order valence-electron chi connectivity index (χ0n) is 13.7. The average molecular weight is 329 g/mol. The number of benzene rings is 1. The Balaban J connectivity index is 1.61. The van der Waals surface area contributed by atoms with E-state index in [0.717, 1.165) is 12.0 Å². The van der Waals surface area contributed by atoms with E-state index in [1.165, 1.54) is 0 Å². The Morgan fingerprint density at radius 3 is 2.58 bits per heavy atom. The Bertz CT molecular complexity index is 630. The summed E-state index contributed by atoms with van der Waals surface area (Å²) in [6.07, 6.45) is 0.790. The molecule has 1 aromatic rings. The number of amides is 3. The summed E-state index contributed by atoms with van der Waals surface area (Å²) < 4.78 is 5.34. The molecule has 1 spiro atoms. The lowest BCUT2D eigenvalue weighted by Gasteiger charge is -2.31. The molecule has 0 bridgehead atoms. The number of carbonyl (C=O) groups is 2. The molecule has 3 aliphatic heterocycles. The van der Waals surface area contributed by atoms with E-state index in [4.69, 9.17) is 4.74 Å². The summed E-state index contributed by atoms with van der Waals surface area (Å²) in [6, 6.07) is 10.2. The van der Waals surface area contributed by atoms with Crippen LogP contribution in [0.15, 0.2) is 30.3 Å². The van der Waals surface area contributed by atoms with Gasteiger partial charge in [-0.1, -0.05) is 30.3 Å².